The van der Waals surface area contributed by atoms with E-state index >= 15 is 0 Å². The van der Waals surface area contributed by atoms with E-state index in [0.29, 0.717) is 0 Å². The molecule has 1 saturated heterocycles. The van der Waals surface area contributed by atoms with Crippen LogP contribution in [0.4, 0.5) is 13.2 Å². The van der Waals surface area contributed by atoms with Gasteiger partial charge in [-0.05, 0) is 27.6 Å². The molecular formula is C11H22F3N3. The average Bonchev–Trinajstić information content (AvgIpc) is 2.22. The second-order valence-electron chi connectivity index (χ2n) is 4.86. The van der Waals surface area contributed by atoms with Gasteiger partial charge < -0.3 is 10.2 Å². The Morgan fingerprint density at radius 1 is 1.29 bits per heavy atom. The molecule has 0 bridgehead atoms. The summed E-state index contributed by atoms with van der Waals surface area (Å²) in [5.41, 5.74) is 0. The fourth-order valence-corrected chi connectivity index (χ4v) is 2.33. The minimum absolute atomic E-state index is 0.107. The maximum Gasteiger partial charge on any atom is 0.389 e. The molecule has 1 aliphatic heterocycles. The maximum absolute atomic E-state index is 12.2. The topological polar surface area (TPSA) is 18.5 Å². The summed E-state index contributed by atoms with van der Waals surface area (Å²) in [4.78, 5) is 4.32. The molecule has 102 valence electrons. The number of hydrogen-bond acceptors (Lipinski definition) is 3. The van der Waals surface area contributed by atoms with Crippen LogP contribution in [0, 0.1) is 0 Å². The van der Waals surface area contributed by atoms with E-state index in [1.54, 1.807) is 7.05 Å². The lowest BCUT2D eigenvalue weighted by Gasteiger charge is -2.42. The van der Waals surface area contributed by atoms with Crippen LogP contribution in [-0.2, 0) is 0 Å². The predicted octanol–water partition coefficient (Wildman–Crippen LogP) is 1.16. The largest absolute Gasteiger partial charge is 0.389 e. The SMILES string of the molecule is CNC(CCC(F)(F)F)C1CN(C)CCN1C. The number of likely N-dealkylation sites (N-methyl/N-ethyl adjacent to an activating group) is 3. The molecule has 0 aromatic heterocycles. The Balaban J connectivity index is 2.53. The number of hydrogen-bond donors (Lipinski definition) is 1. The molecule has 0 aromatic rings. The van der Waals surface area contributed by atoms with Gasteiger partial charge in [-0.2, -0.15) is 13.2 Å². The third-order valence-electron chi connectivity index (χ3n) is 3.47. The van der Waals surface area contributed by atoms with Crippen molar-refractivity contribution in [3.63, 3.8) is 0 Å². The zero-order valence-electron chi connectivity index (χ0n) is 10.7. The molecule has 17 heavy (non-hydrogen) atoms. The van der Waals surface area contributed by atoms with Crippen molar-refractivity contribution in [1.82, 2.24) is 15.1 Å². The zero-order valence-corrected chi connectivity index (χ0v) is 10.7. The second-order valence-corrected chi connectivity index (χ2v) is 4.86. The van der Waals surface area contributed by atoms with Gasteiger partial charge in [0.15, 0.2) is 0 Å². The van der Waals surface area contributed by atoms with E-state index in [1.165, 1.54) is 0 Å². The Morgan fingerprint density at radius 2 is 1.94 bits per heavy atom. The summed E-state index contributed by atoms with van der Waals surface area (Å²) in [5.74, 6) is 0. The van der Waals surface area contributed by atoms with Gasteiger partial charge in [-0.15, -0.1) is 0 Å². The van der Waals surface area contributed by atoms with Crippen LogP contribution in [0.2, 0.25) is 0 Å². The molecule has 3 nitrogen and oxygen atoms in total. The normalized spacial score (nSPS) is 26.1. The molecule has 1 fully saturated rings. The minimum atomic E-state index is -4.06. The standard InChI is InChI=1S/C11H22F3N3/c1-15-9(4-5-11(12,13)14)10-8-16(2)6-7-17(10)3/h9-10,15H,4-8H2,1-3H3. The van der Waals surface area contributed by atoms with Crippen molar-refractivity contribution < 1.29 is 13.2 Å². The van der Waals surface area contributed by atoms with Crippen molar-refractivity contribution in [1.29, 1.82) is 0 Å². The fraction of sp³-hybridized carbons (Fsp3) is 1.00. The van der Waals surface area contributed by atoms with Gasteiger partial charge in [0.25, 0.3) is 0 Å². The summed E-state index contributed by atoms with van der Waals surface area (Å²) >= 11 is 0. The number of nitrogens with one attached hydrogen (secondary N) is 1. The number of halogens is 3. The zero-order chi connectivity index (χ0) is 13.1. The second kappa shape index (κ2) is 6.02. The molecule has 2 atom stereocenters. The van der Waals surface area contributed by atoms with Gasteiger partial charge in [-0.1, -0.05) is 0 Å². The van der Waals surface area contributed by atoms with E-state index in [-0.39, 0.29) is 18.5 Å². The van der Waals surface area contributed by atoms with Crippen LogP contribution in [0.25, 0.3) is 0 Å². The molecule has 0 amide bonds. The molecule has 0 aliphatic carbocycles. The number of nitrogens with zero attached hydrogens (tertiary/aromatic N) is 2. The number of alkyl halides is 3. The van der Waals surface area contributed by atoms with Gasteiger partial charge in [-0.25, -0.2) is 0 Å². The molecule has 1 rings (SSSR count). The molecule has 0 saturated carbocycles. The lowest BCUT2D eigenvalue weighted by atomic mass is 9.99. The van der Waals surface area contributed by atoms with Crippen LogP contribution < -0.4 is 5.32 Å². The van der Waals surface area contributed by atoms with Crippen molar-refractivity contribution in [2.24, 2.45) is 0 Å². The van der Waals surface area contributed by atoms with E-state index < -0.39 is 12.6 Å². The van der Waals surface area contributed by atoms with Crippen LogP contribution >= 0.6 is 0 Å². The van der Waals surface area contributed by atoms with Crippen molar-refractivity contribution >= 4 is 0 Å². The average molecular weight is 253 g/mol. The van der Waals surface area contributed by atoms with Gasteiger partial charge >= 0.3 is 6.18 Å². The Kier molecular flexibility index (Phi) is 5.22. The molecule has 0 aromatic carbocycles. The van der Waals surface area contributed by atoms with E-state index in [4.69, 9.17) is 0 Å². The lowest BCUT2D eigenvalue weighted by Crippen LogP contribution is -2.58. The van der Waals surface area contributed by atoms with Gasteiger partial charge in [0, 0.05) is 38.1 Å². The Morgan fingerprint density at radius 3 is 2.47 bits per heavy atom. The summed E-state index contributed by atoms with van der Waals surface area (Å²) in [7, 11) is 5.73. The molecule has 0 spiro atoms. The first kappa shape index (κ1) is 14.7. The Hall–Kier alpha value is -0.330. The summed E-state index contributed by atoms with van der Waals surface area (Å²) < 4.78 is 36.7. The van der Waals surface area contributed by atoms with Crippen LogP contribution in [0.3, 0.4) is 0 Å². The van der Waals surface area contributed by atoms with E-state index in [2.05, 4.69) is 15.1 Å². The van der Waals surface area contributed by atoms with Crippen molar-refractivity contribution in [3.05, 3.63) is 0 Å². The van der Waals surface area contributed by atoms with Crippen LogP contribution in [-0.4, -0.2) is 68.8 Å². The van der Waals surface area contributed by atoms with E-state index in [0.717, 1.165) is 19.6 Å². The molecule has 0 radical (unpaired) electrons. The first-order valence-electron chi connectivity index (χ1n) is 5.96. The highest BCUT2D eigenvalue weighted by atomic mass is 19.4. The summed E-state index contributed by atoms with van der Waals surface area (Å²) in [5, 5.41) is 3.03. The van der Waals surface area contributed by atoms with Crippen LogP contribution in [0.5, 0.6) is 0 Å². The van der Waals surface area contributed by atoms with Gasteiger partial charge in [0.05, 0.1) is 0 Å². The predicted molar refractivity (Wildman–Crippen MR) is 62.1 cm³/mol. The molecule has 1 aliphatic rings. The number of piperazine rings is 1. The summed E-state index contributed by atoms with van der Waals surface area (Å²) in [6.45, 7) is 2.70. The van der Waals surface area contributed by atoms with E-state index in [1.807, 2.05) is 14.1 Å². The van der Waals surface area contributed by atoms with Crippen LogP contribution in [0.1, 0.15) is 12.8 Å². The minimum Gasteiger partial charge on any atom is -0.315 e. The lowest BCUT2D eigenvalue weighted by molar-refractivity contribution is -0.137. The smallest absolute Gasteiger partial charge is 0.315 e. The van der Waals surface area contributed by atoms with Gasteiger partial charge in [0.1, 0.15) is 0 Å². The van der Waals surface area contributed by atoms with Crippen molar-refractivity contribution in [2.45, 2.75) is 31.1 Å². The fourth-order valence-electron chi connectivity index (χ4n) is 2.33. The third-order valence-corrected chi connectivity index (χ3v) is 3.47. The maximum atomic E-state index is 12.2. The van der Waals surface area contributed by atoms with Crippen molar-refractivity contribution in [2.75, 3.05) is 40.8 Å². The van der Waals surface area contributed by atoms with Gasteiger partial charge in [-0.3, -0.25) is 4.90 Å². The third kappa shape index (κ3) is 4.81. The Labute approximate surface area is 101 Å². The van der Waals surface area contributed by atoms with Crippen molar-refractivity contribution in [3.8, 4) is 0 Å². The number of rotatable bonds is 4. The monoisotopic (exact) mass is 253 g/mol. The summed E-state index contributed by atoms with van der Waals surface area (Å²) in [6.07, 6.45) is -4.64. The van der Waals surface area contributed by atoms with Crippen LogP contribution in [0.15, 0.2) is 0 Å². The highest BCUT2D eigenvalue weighted by Crippen LogP contribution is 2.24. The first-order valence-corrected chi connectivity index (χ1v) is 5.96. The summed E-state index contributed by atoms with van der Waals surface area (Å²) in [6, 6.07) is 0.0467. The molecule has 6 heteroatoms. The quantitative estimate of drug-likeness (QED) is 0.811. The van der Waals surface area contributed by atoms with E-state index in [9.17, 15) is 13.2 Å². The molecule has 1 N–H and O–H groups in total. The Bertz CT molecular complexity index is 232. The van der Waals surface area contributed by atoms with Gasteiger partial charge in [0.2, 0.25) is 0 Å². The highest BCUT2D eigenvalue weighted by Gasteiger charge is 2.33. The first-order chi connectivity index (χ1) is 7.83. The highest BCUT2D eigenvalue weighted by molar-refractivity contribution is 4.88. The molecular weight excluding hydrogens is 231 g/mol. The molecule has 1 heterocycles. The molecule has 2 unspecified atom stereocenters.